The van der Waals surface area contributed by atoms with E-state index in [-0.39, 0.29) is 12.6 Å². The van der Waals surface area contributed by atoms with Gasteiger partial charge in [0.05, 0.1) is 29.9 Å². The molecule has 1 aliphatic rings. The molecule has 0 bridgehead atoms. The number of benzene rings is 1. The van der Waals surface area contributed by atoms with Crippen LogP contribution in [0.1, 0.15) is 49.2 Å². The maximum atomic E-state index is 14.6. The number of anilines is 1. The summed E-state index contributed by atoms with van der Waals surface area (Å²) in [6, 6.07) is 0.879. The zero-order chi connectivity index (χ0) is 23.6. The van der Waals surface area contributed by atoms with Crippen molar-refractivity contribution in [1.82, 2.24) is 20.2 Å². The minimum absolute atomic E-state index is 0.116. The largest absolute Gasteiger partial charge is 0.419 e. The molecule has 0 fully saturated rings. The number of aliphatic hydroxyl groups excluding tert-OH is 1. The molecule has 0 radical (unpaired) electrons. The van der Waals surface area contributed by atoms with Gasteiger partial charge in [0.25, 0.3) is 0 Å². The van der Waals surface area contributed by atoms with Crippen LogP contribution in [0.2, 0.25) is 0 Å². The van der Waals surface area contributed by atoms with Crippen molar-refractivity contribution in [1.29, 1.82) is 0 Å². The number of hydrogen-bond acceptors (Lipinski definition) is 5. The summed E-state index contributed by atoms with van der Waals surface area (Å²) in [4.78, 5) is 22.9. The maximum absolute atomic E-state index is 14.6. The molecule has 1 aliphatic heterocycles. The number of hydrogen-bond donors (Lipinski definition) is 3. The number of carbonyl (C=O) groups excluding carboxylic acids is 1. The molecule has 2 unspecified atom stereocenters. The van der Waals surface area contributed by atoms with E-state index in [4.69, 9.17) is 0 Å². The summed E-state index contributed by atoms with van der Waals surface area (Å²) in [6.45, 7) is 5.61. The van der Waals surface area contributed by atoms with Crippen molar-refractivity contribution in [2.45, 2.75) is 58.1 Å². The summed E-state index contributed by atoms with van der Waals surface area (Å²) in [5, 5.41) is 15.7. The van der Waals surface area contributed by atoms with Gasteiger partial charge in [0.1, 0.15) is 5.82 Å². The van der Waals surface area contributed by atoms with E-state index in [1.54, 1.807) is 6.20 Å². The highest BCUT2D eigenvalue weighted by atomic mass is 19.4. The summed E-state index contributed by atoms with van der Waals surface area (Å²) in [7, 11) is 0. The number of amides is 2. The molecule has 7 nitrogen and oxygen atoms in total. The van der Waals surface area contributed by atoms with E-state index in [9.17, 15) is 27.5 Å². The number of carbonyl (C=O) groups is 1. The molecule has 11 heteroatoms. The van der Waals surface area contributed by atoms with E-state index in [0.717, 1.165) is 17.7 Å². The number of nitrogens with one attached hydrogen (secondary N) is 2. The van der Waals surface area contributed by atoms with Crippen LogP contribution in [0.5, 0.6) is 0 Å². The summed E-state index contributed by atoms with van der Waals surface area (Å²) in [5.74, 6) is -1.10. The molecule has 174 valence electrons. The standard InChI is InChI=1S/C21H25F4N5O2/c1-11(2)27-19-26-9-13-7-8-30(10-16(13)28-19)20(32)29-18(12(3)31)14-5-4-6-15(17(14)22)21(23,24)25/h4-6,9,11-12,18,31H,7-8,10H2,1-3H3,(H,29,32)(H,26,27,28). The third kappa shape index (κ3) is 5.26. The highest BCUT2D eigenvalue weighted by molar-refractivity contribution is 5.75. The molecule has 2 atom stereocenters. The number of rotatable bonds is 5. The number of urea groups is 1. The minimum Gasteiger partial charge on any atom is -0.391 e. The van der Waals surface area contributed by atoms with E-state index >= 15 is 0 Å². The Balaban J connectivity index is 1.80. The van der Waals surface area contributed by atoms with Gasteiger partial charge in [0, 0.05) is 24.3 Å². The molecule has 2 heterocycles. The lowest BCUT2D eigenvalue weighted by Crippen LogP contribution is -2.46. The third-order valence-electron chi connectivity index (χ3n) is 5.08. The molecule has 3 N–H and O–H groups in total. The fraction of sp³-hybridized carbons (Fsp3) is 0.476. The average Bonchev–Trinajstić information content (AvgIpc) is 2.70. The van der Waals surface area contributed by atoms with E-state index in [1.165, 1.54) is 11.8 Å². The van der Waals surface area contributed by atoms with Gasteiger partial charge in [-0.05, 0) is 38.8 Å². The molecule has 1 aromatic heterocycles. The normalized spacial score (nSPS) is 15.8. The summed E-state index contributed by atoms with van der Waals surface area (Å²) < 4.78 is 53.8. The van der Waals surface area contributed by atoms with Crippen molar-refractivity contribution >= 4 is 12.0 Å². The molecular formula is C21H25F4N5O2. The smallest absolute Gasteiger partial charge is 0.391 e. The van der Waals surface area contributed by atoms with Crippen molar-refractivity contribution in [3.05, 3.63) is 52.6 Å². The lowest BCUT2D eigenvalue weighted by Gasteiger charge is -2.31. The zero-order valence-electron chi connectivity index (χ0n) is 17.9. The van der Waals surface area contributed by atoms with Gasteiger partial charge < -0.3 is 20.6 Å². The first-order valence-electron chi connectivity index (χ1n) is 10.2. The number of nitrogens with zero attached hydrogens (tertiary/aromatic N) is 3. The summed E-state index contributed by atoms with van der Waals surface area (Å²) in [6.07, 6.45) is -4.05. The molecule has 2 aromatic rings. The van der Waals surface area contributed by atoms with Crippen LogP contribution in [0.4, 0.5) is 28.3 Å². The highest BCUT2D eigenvalue weighted by Gasteiger charge is 2.37. The molecule has 1 aromatic carbocycles. The van der Waals surface area contributed by atoms with Crippen LogP contribution in [-0.4, -0.2) is 44.7 Å². The Morgan fingerprint density at radius 1 is 1.25 bits per heavy atom. The molecule has 3 rings (SSSR count). The van der Waals surface area contributed by atoms with Crippen LogP contribution in [0.25, 0.3) is 0 Å². The van der Waals surface area contributed by atoms with Crippen LogP contribution in [0.3, 0.4) is 0 Å². The fourth-order valence-electron chi connectivity index (χ4n) is 3.50. The van der Waals surface area contributed by atoms with Gasteiger partial charge in [-0.1, -0.05) is 12.1 Å². The predicted molar refractivity (Wildman–Crippen MR) is 109 cm³/mol. The van der Waals surface area contributed by atoms with Crippen LogP contribution < -0.4 is 10.6 Å². The molecule has 2 amide bonds. The summed E-state index contributed by atoms with van der Waals surface area (Å²) >= 11 is 0. The second-order valence-electron chi connectivity index (χ2n) is 8.01. The first-order valence-corrected chi connectivity index (χ1v) is 10.2. The predicted octanol–water partition coefficient (Wildman–Crippen LogP) is 3.64. The fourth-order valence-corrected chi connectivity index (χ4v) is 3.50. The Bertz CT molecular complexity index is 981. The topological polar surface area (TPSA) is 90.4 Å². The number of aliphatic hydroxyl groups is 1. The van der Waals surface area contributed by atoms with Crippen LogP contribution in [0.15, 0.2) is 24.4 Å². The highest BCUT2D eigenvalue weighted by Crippen LogP contribution is 2.34. The molecule has 0 spiro atoms. The quantitative estimate of drug-likeness (QED) is 0.599. The molecule has 0 saturated carbocycles. The van der Waals surface area contributed by atoms with Crippen molar-refractivity contribution in [3.8, 4) is 0 Å². The van der Waals surface area contributed by atoms with Crippen molar-refractivity contribution in [2.24, 2.45) is 0 Å². The van der Waals surface area contributed by atoms with Gasteiger partial charge in [0.15, 0.2) is 0 Å². The van der Waals surface area contributed by atoms with Gasteiger partial charge in [-0.3, -0.25) is 0 Å². The molecular weight excluding hydrogens is 430 g/mol. The number of halogens is 4. The second kappa shape index (κ2) is 9.27. The summed E-state index contributed by atoms with van der Waals surface area (Å²) in [5.41, 5.74) is -0.363. The zero-order valence-corrected chi connectivity index (χ0v) is 17.9. The first kappa shape index (κ1) is 23.7. The Morgan fingerprint density at radius 3 is 2.59 bits per heavy atom. The molecule has 0 aliphatic carbocycles. The van der Waals surface area contributed by atoms with Gasteiger partial charge in [-0.2, -0.15) is 13.2 Å². The van der Waals surface area contributed by atoms with Crippen molar-refractivity contribution in [2.75, 3.05) is 11.9 Å². The van der Waals surface area contributed by atoms with Crippen molar-refractivity contribution < 1.29 is 27.5 Å². The molecule has 0 saturated heterocycles. The van der Waals surface area contributed by atoms with Gasteiger partial charge in [-0.15, -0.1) is 0 Å². The van der Waals surface area contributed by atoms with Crippen LogP contribution in [-0.2, 0) is 19.1 Å². The van der Waals surface area contributed by atoms with E-state index in [2.05, 4.69) is 20.6 Å². The monoisotopic (exact) mass is 455 g/mol. The van der Waals surface area contributed by atoms with E-state index < -0.39 is 41.3 Å². The Hall–Kier alpha value is -2.95. The Morgan fingerprint density at radius 2 is 1.97 bits per heavy atom. The van der Waals surface area contributed by atoms with Gasteiger partial charge in [0.2, 0.25) is 5.95 Å². The minimum atomic E-state index is -4.90. The molecule has 32 heavy (non-hydrogen) atoms. The maximum Gasteiger partial charge on any atom is 0.419 e. The Labute approximate surface area is 182 Å². The average molecular weight is 455 g/mol. The number of aromatic nitrogens is 2. The third-order valence-corrected chi connectivity index (χ3v) is 5.08. The second-order valence-corrected chi connectivity index (χ2v) is 8.01. The van der Waals surface area contributed by atoms with Crippen LogP contribution >= 0.6 is 0 Å². The lowest BCUT2D eigenvalue weighted by atomic mass is 9.98. The SMILES string of the molecule is CC(C)Nc1ncc2c(n1)CN(C(=O)NC(c1cccc(C(F)(F)F)c1F)C(C)O)CC2. The lowest BCUT2D eigenvalue weighted by molar-refractivity contribution is -0.140. The van der Waals surface area contributed by atoms with Crippen molar-refractivity contribution in [3.63, 3.8) is 0 Å². The Kier molecular flexibility index (Phi) is 6.87. The first-order chi connectivity index (χ1) is 15.0. The number of fused-ring (bicyclic) bond motifs is 1. The number of alkyl halides is 3. The van der Waals surface area contributed by atoms with E-state index in [0.29, 0.717) is 30.7 Å². The van der Waals surface area contributed by atoms with Crippen LogP contribution in [0, 0.1) is 5.82 Å². The van der Waals surface area contributed by atoms with Gasteiger partial charge in [-0.25, -0.2) is 19.2 Å². The van der Waals surface area contributed by atoms with E-state index in [1.807, 2.05) is 13.8 Å². The van der Waals surface area contributed by atoms with Gasteiger partial charge >= 0.3 is 12.2 Å².